The highest BCUT2D eigenvalue weighted by atomic mass is 19.1. The molecular formula is C10H12FNO2. The van der Waals surface area contributed by atoms with Gasteiger partial charge in [-0.3, -0.25) is 0 Å². The first-order chi connectivity index (χ1) is 6.65. The molecule has 0 amide bonds. The monoisotopic (exact) mass is 197 g/mol. The van der Waals surface area contributed by atoms with Gasteiger partial charge in [-0.25, -0.2) is 9.18 Å². The van der Waals surface area contributed by atoms with Crippen molar-refractivity contribution in [3.63, 3.8) is 0 Å². The van der Waals surface area contributed by atoms with E-state index in [1.165, 1.54) is 13.2 Å². The van der Waals surface area contributed by atoms with Crippen LogP contribution in [-0.4, -0.2) is 19.1 Å². The smallest absolute Gasteiger partial charge is 0.327 e. The van der Waals surface area contributed by atoms with Crippen molar-refractivity contribution < 1.29 is 13.9 Å². The van der Waals surface area contributed by atoms with Crippen LogP contribution in [0.15, 0.2) is 24.3 Å². The molecule has 0 aliphatic rings. The molecule has 1 aromatic carbocycles. The summed E-state index contributed by atoms with van der Waals surface area (Å²) in [5.74, 6) is -0.809. The van der Waals surface area contributed by atoms with E-state index in [1.807, 2.05) is 0 Å². The van der Waals surface area contributed by atoms with Crippen LogP contribution >= 0.6 is 0 Å². The Morgan fingerprint density at radius 1 is 1.50 bits per heavy atom. The van der Waals surface area contributed by atoms with E-state index in [-0.39, 0.29) is 5.82 Å². The Morgan fingerprint density at radius 3 is 2.71 bits per heavy atom. The van der Waals surface area contributed by atoms with Gasteiger partial charge in [0.1, 0.15) is 11.9 Å². The molecule has 1 N–H and O–H groups in total. The van der Waals surface area contributed by atoms with E-state index in [9.17, 15) is 9.18 Å². The number of esters is 1. The number of carbonyl (C=O) groups excluding carboxylic acids is 1. The van der Waals surface area contributed by atoms with Crippen LogP contribution in [0.2, 0.25) is 0 Å². The van der Waals surface area contributed by atoms with Crippen LogP contribution in [0.3, 0.4) is 0 Å². The molecule has 0 bridgehead atoms. The number of hydrogen-bond donors (Lipinski definition) is 1. The van der Waals surface area contributed by atoms with Gasteiger partial charge in [0, 0.05) is 0 Å². The van der Waals surface area contributed by atoms with Gasteiger partial charge in [0.05, 0.1) is 12.8 Å². The minimum absolute atomic E-state index is 0.297. The Bertz CT molecular complexity index is 328. The molecule has 76 valence electrons. The number of anilines is 1. The van der Waals surface area contributed by atoms with Crippen molar-refractivity contribution in [3.05, 3.63) is 30.1 Å². The lowest BCUT2D eigenvalue weighted by atomic mass is 10.2. The van der Waals surface area contributed by atoms with Gasteiger partial charge < -0.3 is 10.1 Å². The molecule has 4 heteroatoms. The van der Waals surface area contributed by atoms with Crippen molar-refractivity contribution in [1.29, 1.82) is 0 Å². The average Bonchev–Trinajstić information content (AvgIpc) is 2.20. The lowest BCUT2D eigenvalue weighted by Gasteiger charge is -2.12. The van der Waals surface area contributed by atoms with Crippen molar-refractivity contribution in [2.45, 2.75) is 13.0 Å². The summed E-state index contributed by atoms with van der Waals surface area (Å²) in [5.41, 5.74) is 0.297. The molecule has 0 aromatic heterocycles. The second kappa shape index (κ2) is 4.60. The highest BCUT2D eigenvalue weighted by molar-refractivity contribution is 5.78. The van der Waals surface area contributed by atoms with E-state index < -0.39 is 12.0 Å². The lowest BCUT2D eigenvalue weighted by molar-refractivity contribution is -0.141. The summed E-state index contributed by atoms with van der Waals surface area (Å²) in [5, 5.41) is 2.71. The number of methoxy groups -OCH3 is 1. The third-order valence-electron chi connectivity index (χ3n) is 1.80. The fourth-order valence-electron chi connectivity index (χ4n) is 1.05. The third kappa shape index (κ3) is 2.45. The van der Waals surface area contributed by atoms with Crippen LogP contribution in [0, 0.1) is 5.82 Å². The first kappa shape index (κ1) is 10.5. The predicted molar refractivity (Wildman–Crippen MR) is 51.5 cm³/mol. The van der Waals surface area contributed by atoms with Crippen LogP contribution in [0.5, 0.6) is 0 Å². The molecule has 14 heavy (non-hydrogen) atoms. The lowest BCUT2D eigenvalue weighted by Crippen LogP contribution is -2.27. The van der Waals surface area contributed by atoms with Gasteiger partial charge >= 0.3 is 5.97 Å². The Labute approximate surface area is 81.9 Å². The Kier molecular flexibility index (Phi) is 3.45. The molecule has 0 aliphatic carbocycles. The first-order valence-corrected chi connectivity index (χ1v) is 4.24. The summed E-state index contributed by atoms with van der Waals surface area (Å²) >= 11 is 0. The first-order valence-electron chi connectivity index (χ1n) is 4.24. The van der Waals surface area contributed by atoms with Gasteiger partial charge in [-0.1, -0.05) is 12.1 Å². The second-order valence-corrected chi connectivity index (χ2v) is 2.87. The number of nitrogens with one attached hydrogen (secondary N) is 1. The Balaban J connectivity index is 2.69. The number of hydrogen-bond acceptors (Lipinski definition) is 3. The summed E-state index contributed by atoms with van der Waals surface area (Å²) in [6.07, 6.45) is 0. The van der Waals surface area contributed by atoms with Crippen LogP contribution in [0.25, 0.3) is 0 Å². The topological polar surface area (TPSA) is 38.3 Å². The quantitative estimate of drug-likeness (QED) is 0.751. The maximum absolute atomic E-state index is 13.1. The number of ether oxygens (including phenoxy) is 1. The fourth-order valence-corrected chi connectivity index (χ4v) is 1.05. The molecule has 1 atom stereocenters. The maximum atomic E-state index is 13.1. The van der Waals surface area contributed by atoms with Crippen LogP contribution in [-0.2, 0) is 9.53 Å². The van der Waals surface area contributed by atoms with E-state index in [1.54, 1.807) is 25.1 Å². The average molecular weight is 197 g/mol. The third-order valence-corrected chi connectivity index (χ3v) is 1.80. The van der Waals surface area contributed by atoms with E-state index in [2.05, 4.69) is 10.1 Å². The minimum Gasteiger partial charge on any atom is -0.467 e. The largest absolute Gasteiger partial charge is 0.467 e. The predicted octanol–water partition coefficient (Wildman–Crippen LogP) is 1.80. The zero-order valence-electron chi connectivity index (χ0n) is 8.08. The highest BCUT2D eigenvalue weighted by Crippen LogP contribution is 2.13. The number of para-hydroxylation sites is 1. The molecule has 1 aromatic rings. The number of benzene rings is 1. The Hall–Kier alpha value is -1.58. The van der Waals surface area contributed by atoms with E-state index >= 15 is 0 Å². The molecular weight excluding hydrogens is 185 g/mol. The molecule has 0 saturated carbocycles. The van der Waals surface area contributed by atoms with Crippen molar-refractivity contribution in [2.24, 2.45) is 0 Å². The zero-order chi connectivity index (χ0) is 10.6. The van der Waals surface area contributed by atoms with Crippen molar-refractivity contribution >= 4 is 11.7 Å². The molecule has 0 heterocycles. The van der Waals surface area contributed by atoms with Gasteiger partial charge in [-0.2, -0.15) is 0 Å². The summed E-state index contributed by atoms with van der Waals surface area (Å²) in [7, 11) is 1.29. The minimum atomic E-state index is -0.558. The number of rotatable bonds is 3. The highest BCUT2D eigenvalue weighted by Gasteiger charge is 2.13. The second-order valence-electron chi connectivity index (χ2n) is 2.87. The van der Waals surface area contributed by atoms with Crippen molar-refractivity contribution in [2.75, 3.05) is 12.4 Å². The molecule has 0 fully saturated rings. The summed E-state index contributed by atoms with van der Waals surface area (Å²) in [6, 6.07) is 5.61. The zero-order valence-corrected chi connectivity index (χ0v) is 8.08. The van der Waals surface area contributed by atoms with Crippen molar-refractivity contribution in [1.82, 2.24) is 0 Å². The maximum Gasteiger partial charge on any atom is 0.327 e. The van der Waals surface area contributed by atoms with Gasteiger partial charge in [0.2, 0.25) is 0 Å². The van der Waals surface area contributed by atoms with Gasteiger partial charge in [-0.15, -0.1) is 0 Å². The van der Waals surface area contributed by atoms with Crippen LogP contribution < -0.4 is 5.32 Å². The van der Waals surface area contributed by atoms with Crippen molar-refractivity contribution in [3.8, 4) is 0 Å². The van der Waals surface area contributed by atoms with Gasteiger partial charge in [0.15, 0.2) is 0 Å². The molecule has 1 rings (SSSR count). The van der Waals surface area contributed by atoms with Gasteiger partial charge in [-0.05, 0) is 19.1 Å². The van der Waals surface area contributed by atoms with E-state index in [0.717, 1.165) is 0 Å². The molecule has 0 radical (unpaired) electrons. The number of halogens is 1. The Morgan fingerprint density at radius 2 is 2.14 bits per heavy atom. The molecule has 0 spiro atoms. The van der Waals surface area contributed by atoms with E-state index in [4.69, 9.17) is 0 Å². The molecule has 0 unspecified atom stereocenters. The summed E-state index contributed by atoms with van der Waals surface area (Å²) in [4.78, 5) is 11.0. The van der Waals surface area contributed by atoms with Crippen LogP contribution in [0.1, 0.15) is 6.92 Å². The normalized spacial score (nSPS) is 11.9. The fraction of sp³-hybridized carbons (Fsp3) is 0.300. The van der Waals surface area contributed by atoms with Crippen LogP contribution in [0.4, 0.5) is 10.1 Å². The summed E-state index contributed by atoms with van der Waals surface area (Å²) in [6.45, 7) is 1.61. The molecule has 3 nitrogen and oxygen atoms in total. The molecule has 0 aliphatic heterocycles. The van der Waals surface area contributed by atoms with E-state index in [0.29, 0.717) is 5.69 Å². The SMILES string of the molecule is COC(=O)[C@H](C)Nc1ccccc1F. The van der Waals surface area contributed by atoms with Gasteiger partial charge in [0.25, 0.3) is 0 Å². The molecule has 0 saturated heterocycles. The summed E-state index contributed by atoms with van der Waals surface area (Å²) < 4.78 is 17.6. The standard InChI is InChI=1S/C10H12FNO2/c1-7(10(13)14-2)12-9-6-4-3-5-8(9)11/h3-7,12H,1-2H3/t7-/m0/s1. The number of carbonyl (C=O) groups is 1.